The van der Waals surface area contributed by atoms with Crippen molar-refractivity contribution in [1.29, 1.82) is 0 Å². The van der Waals surface area contributed by atoms with Gasteiger partial charge in [0.2, 0.25) is 11.8 Å². The third kappa shape index (κ3) is 3.25. The molecule has 2 atom stereocenters. The van der Waals surface area contributed by atoms with Crippen molar-refractivity contribution < 1.29 is 14.3 Å². The molecule has 0 aromatic carbocycles. The molecular formula is C13H23N3O3. The van der Waals surface area contributed by atoms with Crippen LogP contribution >= 0.6 is 0 Å². The zero-order chi connectivity index (χ0) is 13.8. The predicted octanol–water partition coefficient (Wildman–Crippen LogP) is -0.698. The maximum absolute atomic E-state index is 12.4. The van der Waals surface area contributed by atoms with Gasteiger partial charge in [0.1, 0.15) is 0 Å². The molecule has 2 rings (SSSR count). The SMILES string of the molecule is COCCN1C[C@H](C(=O)N(C)[C@H]2CCNC2)CC1=O. The van der Waals surface area contributed by atoms with Crippen LogP contribution in [0, 0.1) is 5.92 Å². The van der Waals surface area contributed by atoms with Crippen molar-refractivity contribution in [3.05, 3.63) is 0 Å². The number of hydrogen-bond acceptors (Lipinski definition) is 4. The van der Waals surface area contributed by atoms with Gasteiger partial charge in [-0.05, 0) is 13.0 Å². The summed E-state index contributed by atoms with van der Waals surface area (Å²) in [6.07, 6.45) is 1.34. The van der Waals surface area contributed by atoms with Gasteiger partial charge < -0.3 is 19.9 Å². The van der Waals surface area contributed by atoms with Gasteiger partial charge in [-0.1, -0.05) is 0 Å². The summed E-state index contributed by atoms with van der Waals surface area (Å²) < 4.78 is 4.98. The molecule has 108 valence electrons. The maximum atomic E-state index is 12.4. The van der Waals surface area contributed by atoms with E-state index in [1.54, 1.807) is 12.0 Å². The van der Waals surface area contributed by atoms with Crippen molar-refractivity contribution >= 4 is 11.8 Å². The Bertz CT molecular complexity index is 342. The molecule has 2 heterocycles. The van der Waals surface area contributed by atoms with Crippen molar-refractivity contribution in [2.24, 2.45) is 5.92 Å². The molecule has 0 aromatic rings. The highest BCUT2D eigenvalue weighted by atomic mass is 16.5. The van der Waals surface area contributed by atoms with E-state index in [4.69, 9.17) is 4.74 Å². The van der Waals surface area contributed by atoms with E-state index < -0.39 is 0 Å². The zero-order valence-electron chi connectivity index (χ0n) is 11.7. The van der Waals surface area contributed by atoms with Gasteiger partial charge in [0.25, 0.3) is 0 Å². The fourth-order valence-corrected chi connectivity index (χ4v) is 2.79. The van der Waals surface area contributed by atoms with Crippen molar-refractivity contribution in [2.75, 3.05) is 46.9 Å². The largest absolute Gasteiger partial charge is 0.383 e. The summed E-state index contributed by atoms with van der Waals surface area (Å²) in [5, 5.41) is 3.26. The van der Waals surface area contributed by atoms with E-state index in [0.717, 1.165) is 19.5 Å². The summed E-state index contributed by atoms with van der Waals surface area (Å²) in [4.78, 5) is 27.8. The topological polar surface area (TPSA) is 61.9 Å². The number of rotatable bonds is 5. The zero-order valence-corrected chi connectivity index (χ0v) is 11.7. The monoisotopic (exact) mass is 269 g/mol. The highest BCUT2D eigenvalue weighted by molar-refractivity contribution is 5.89. The molecule has 0 aliphatic carbocycles. The predicted molar refractivity (Wildman–Crippen MR) is 70.6 cm³/mol. The molecule has 0 saturated carbocycles. The third-order valence-electron chi connectivity index (χ3n) is 4.06. The van der Waals surface area contributed by atoms with E-state index in [2.05, 4.69) is 5.32 Å². The Labute approximate surface area is 114 Å². The molecular weight excluding hydrogens is 246 g/mol. The maximum Gasteiger partial charge on any atom is 0.228 e. The molecule has 2 aliphatic heterocycles. The number of nitrogens with one attached hydrogen (secondary N) is 1. The summed E-state index contributed by atoms with van der Waals surface area (Å²) in [5.41, 5.74) is 0. The number of carbonyl (C=O) groups is 2. The summed E-state index contributed by atoms with van der Waals surface area (Å²) in [5.74, 6) is -0.0229. The lowest BCUT2D eigenvalue weighted by molar-refractivity contribution is -0.136. The van der Waals surface area contributed by atoms with E-state index in [1.165, 1.54) is 0 Å². The Kier molecular flexibility index (Phi) is 4.76. The van der Waals surface area contributed by atoms with Gasteiger partial charge in [-0.15, -0.1) is 0 Å². The quantitative estimate of drug-likeness (QED) is 0.717. The molecule has 19 heavy (non-hydrogen) atoms. The standard InChI is InChI=1S/C13H23N3O3/c1-15(11-3-4-14-8-11)13(18)10-7-12(17)16(9-10)5-6-19-2/h10-11,14H,3-9H2,1-2H3/t10-,11+/m1/s1. The second-order valence-corrected chi connectivity index (χ2v) is 5.33. The van der Waals surface area contributed by atoms with Crippen LogP contribution in [0.1, 0.15) is 12.8 Å². The van der Waals surface area contributed by atoms with Crippen LogP contribution in [0.25, 0.3) is 0 Å². The van der Waals surface area contributed by atoms with E-state index >= 15 is 0 Å². The molecule has 2 saturated heterocycles. The van der Waals surface area contributed by atoms with Gasteiger partial charge in [0.05, 0.1) is 12.5 Å². The van der Waals surface area contributed by atoms with E-state index in [9.17, 15) is 9.59 Å². The molecule has 2 aliphatic rings. The number of hydrogen-bond donors (Lipinski definition) is 1. The molecule has 2 amide bonds. The molecule has 0 unspecified atom stereocenters. The molecule has 2 fully saturated rings. The molecule has 6 heteroatoms. The van der Waals surface area contributed by atoms with Gasteiger partial charge in [-0.2, -0.15) is 0 Å². The number of likely N-dealkylation sites (tertiary alicyclic amines) is 1. The lowest BCUT2D eigenvalue weighted by atomic mass is 10.1. The number of ether oxygens (including phenoxy) is 1. The summed E-state index contributed by atoms with van der Waals surface area (Å²) in [7, 11) is 3.46. The first-order valence-electron chi connectivity index (χ1n) is 6.87. The van der Waals surface area contributed by atoms with Crippen LogP contribution in [-0.2, 0) is 14.3 Å². The first-order valence-corrected chi connectivity index (χ1v) is 6.87. The number of nitrogens with zero attached hydrogens (tertiary/aromatic N) is 2. The summed E-state index contributed by atoms with van der Waals surface area (Å²) >= 11 is 0. The minimum atomic E-state index is -0.185. The van der Waals surface area contributed by atoms with Crippen LogP contribution in [0.2, 0.25) is 0 Å². The number of likely N-dealkylation sites (N-methyl/N-ethyl adjacent to an activating group) is 1. The van der Waals surface area contributed by atoms with Crippen molar-refractivity contribution in [3.8, 4) is 0 Å². The average Bonchev–Trinajstić information content (AvgIpc) is 3.04. The Morgan fingerprint density at radius 3 is 3.00 bits per heavy atom. The Balaban J connectivity index is 1.88. The van der Waals surface area contributed by atoms with Crippen LogP contribution < -0.4 is 5.32 Å². The number of methoxy groups -OCH3 is 1. The second-order valence-electron chi connectivity index (χ2n) is 5.33. The Morgan fingerprint density at radius 2 is 2.37 bits per heavy atom. The first-order chi connectivity index (χ1) is 9.13. The van der Waals surface area contributed by atoms with Crippen LogP contribution in [0.15, 0.2) is 0 Å². The van der Waals surface area contributed by atoms with Crippen LogP contribution in [0.3, 0.4) is 0 Å². The smallest absolute Gasteiger partial charge is 0.228 e. The Morgan fingerprint density at radius 1 is 1.58 bits per heavy atom. The molecule has 1 N–H and O–H groups in total. The molecule has 0 bridgehead atoms. The fraction of sp³-hybridized carbons (Fsp3) is 0.846. The lowest BCUT2D eigenvalue weighted by Crippen LogP contribution is -2.42. The van der Waals surface area contributed by atoms with Gasteiger partial charge >= 0.3 is 0 Å². The second kappa shape index (κ2) is 6.34. The van der Waals surface area contributed by atoms with Crippen LogP contribution in [0.4, 0.5) is 0 Å². The summed E-state index contributed by atoms with van der Waals surface area (Å²) in [6, 6.07) is 0.274. The lowest BCUT2D eigenvalue weighted by Gasteiger charge is -2.26. The third-order valence-corrected chi connectivity index (χ3v) is 4.06. The molecule has 0 spiro atoms. The average molecular weight is 269 g/mol. The van der Waals surface area contributed by atoms with Gasteiger partial charge in [0.15, 0.2) is 0 Å². The number of carbonyl (C=O) groups excluding carboxylic acids is 2. The van der Waals surface area contributed by atoms with Crippen molar-refractivity contribution in [1.82, 2.24) is 15.1 Å². The summed E-state index contributed by atoms with van der Waals surface area (Å²) in [6.45, 7) is 3.45. The minimum Gasteiger partial charge on any atom is -0.383 e. The Hall–Kier alpha value is -1.14. The van der Waals surface area contributed by atoms with Gasteiger partial charge in [-0.3, -0.25) is 9.59 Å². The molecule has 0 radical (unpaired) electrons. The normalized spacial score (nSPS) is 27.1. The highest BCUT2D eigenvalue weighted by Crippen LogP contribution is 2.21. The molecule has 6 nitrogen and oxygen atoms in total. The minimum absolute atomic E-state index is 0.0633. The fourth-order valence-electron chi connectivity index (χ4n) is 2.79. The molecule has 0 aromatic heterocycles. The van der Waals surface area contributed by atoms with E-state index in [-0.39, 0.29) is 23.8 Å². The highest BCUT2D eigenvalue weighted by Gasteiger charge is 2.37. The van der Waals surface area contributed by atoms with Gasteiger partial charge in [0, 0.05) is 46.3 Å². The van der Waals surface area contributed by atoms with Crippen molar-refractivity contribution in [3.63, 3.8) is 0 Å². The van der Waals surface area contributed by atoms with Gasteiger partial charge in [-0.25, -0.2) is 0 Å². The first kappa shape index (κ1) is 14.3. The van der Waals surface area contributed by atoms with Crippen molar-refractivity contribution in [2.45, 2.75) is 18.9 Å². The van der Waals surface area contributed by atoms with E-state index in [0.29, 0.717) is 26.1 Å². The number of amides is 2. The van der Waals surface area contributed by atoms with Crippen LogP contribution in [0.5, 0.6) is 0 Å². The van der Waals surface area contributed by atoms with E-state index in [1.807, 2.05) is 11.9 Å². The van der Waals surface area contributed by atoms with Crippen LogP contribution in [-0.4, -0.2) is 74.6 Å².